The van der Waals surface area contributed by atoms with Crippen molar-refractivity contribution < 1.29 is 14.5 Å². The van der Waals surface area contributed by atoms with Crippen molar-refractivity contribution in [3.05, 3.63) is 33.9 Å². The number of nitro benzene ring substituents is 1. The van der Waals surface area contributed by atoms with Crippen LogP contribution in [0.3, 0.4) is 0 Å². The lowest BCUT2D eigenvalue weighted by Crippen LogP contribution is -2.39. The molecule has 0 saturated heterocycles. The van der Waals surface area contributed by atoms with Crippen LogP contribution in [0.1, 0.15) is 29.6 Å². The van der Waals surface area contributed by atoms with Gasteiger partial charge >= 0.3 is 5.69 Å². The van der Waals surface area contributed by atoms with Gasteiger partial charge in [-0.25, -0.2) is 0 Å². The van der Waals surface area contributed by atoms with E-state index in [4.69, 9.17) is 10.5 Å². The van der Waals surface area contributed by atoms with Crippen LogP contribution in [0.5, 0.6) is 5.75 Å². The molecule has 7 nitrogen and oxygen atoms in total. The molecule has 2 atom stereocenters. The smallest absolute Gasteiger partial charge is 0.310 e. The number of carbonyl (C=O) groups is 1. The zero-order chi connectivity index (χ0) is 15.4. The van der Waals surface area contributed by atoms with E-state index in [9.17, 15) is 14.9 Å². The number of nitrogens with zero attached hydrogens (tertiary/aromatic N) is 1. The number of halogens is 1. The summed E-state index contributed by atoms with van der Waals surface area (Å²) in [4.78, 5) is 22.5. The molecular formula is C14H20ClN3O4. The second-order valence-corrected chi connectivity index (χ2v) is 5.15. The third kappa shape index (κ3) is 3.86. The molecule has 0 spiro atoms. The lowest BCUT2D eigenvalue weighted by molar-refractivity contribution is -0.385. The van der Waals surface area contributed by atoms with Crippen LogP contribution in [0, 0.1) is 16.0 Å². The van der Waals surface area contributed by atoms with Gasteiger partial charge in [-0.15, -0.1) is 12.4 Å². The van der Waals surface area contributed by atoms with Crippen molar-refractivity contribution in [1.29, 1.82) is 0 Å². The Hall–Kier alpha value is -1.86. The normalized spacial score (nSPS) is 20.1. The van der Waals surface area contributed by atoms with Crippen LogP contribution in [0.15, 0.2) is 18.2 Å². The summed E-state index contributed by atoms with van der Waals surface area (Å²) < 4.78 is 4.97. The van der Waals surface area contributed by atoms with Crippen molar-refractivity contribution in [2.45, 2.75) is 25.3 Å². The predicted octanol–water partition coefficient (Wildman–Crippen LogP) is 1.88. The van der Waals surface area contributed by atoms with Crippen LogP contribution in [0.4, 0.5) is 5.69 Å². The Morgan fingerprint density at radius 2 is 2.23 bits per heavy atom. The molecule has 22 heavy (non-hydrogen) atoms. The molecule has 1 aromatic carbocycles. The fourth-order valence-electron chi connectivity index (χ4n) is 2.73. The minimum absolute atomic E-state index is 0. The minimum Gasteiger partial charge on any atom is -0.490 e. The van der Waals surface area contributed by atoms with Gasteiger partial charge in [0.15, 0.2) is 5.75 Å². The average Bonchev–Trinajstić information content (AvgIpc) is 2.93. The number of hydrogen-bond acceptors (Lipinski definition) is 5. The van der Waals surface area contributed by atoms with E-state index in [0.29, 0.717) is 18.0 Å². The summed E-state index contributed by atoms with van der Waals surface area (Å²) in [5, 5.41) is 13.8. The van der Waals surface area contributed by atoms with Gasteiger partial charge < -0.3 is 15.8 Å². The Morgan fingerprint density at radius 3 is 2.82 bits per heavy atom. The lowest BCUT2D eigenvalue weighted by atomic mass is 10.0. The lowest BCUT2D eigenvalue weighted by Gasteiger charge is -2.19. The van der Waals surface area contributed by atoms with Crippen LogP contribution in [0.2, 0.25) is 0 Å². The second kappa shape index (κ2) is 7.95. The highest BCUT2D eigenvalue weighted by Crippen LogP contribution is 2.28. The van der Waals surface area contributed by atoms with Crippen molar-refractivity contribution in [3.63, 3.8) is 0 Å². The molecule has 1 amide bonds. The number of rotatable bonds is 5. The van der Waals surface area contributed by atoms with Crippen LogP contribution in [0.25, 0.3) is 0 Å². The molecular weight excluding hydrogens is 310 g/mol. The summed E-state index contributed by atoms with van der Waals surface area (Å²) in [7, 11) is 1.34. The predicted molar refractivity (Wildman–Crippen MR) is 84.5 cm³/mol. The van der Waals surface area contributed by atoms with Gasteiger partial charge in [0.05, 0.1) is 12.0 Å². The number of carbonyl (C=O) groups excluding carboxylic acids is 1. The van der Waals surface area contributed by atoms with Gasteiger partial charge in [-0.2, -0.15) is 0 Å². The summed E-state index contributed by atoms with van der Waals surface area (Å²) in [5.74, 6) is 0.122. The van der Waals surface area contributed by atoms with E-state index in [0.717, 1.165) is 19.3 Å². The SMILES string of the molecule is COc1cc(C(=O)NC2CCCC2CN)ccc1[N+](=O)[O-].Cl. The van der Waals surface area contributed by atoms with E-state index in [1.165, 1.54) is 25.3 Å². The summed E-state index contributed by atoms with van der Waals surface area (Å²) in [5.41, 5.74) is 5.88. The van der Waals surface area contributed by atoms with Crippen LogP contribution in [-0.4, -0.2) is 30.5 Å². The van der Waals surface area contributed by atoms with E-state index in [1.54, 1.807) is 0 Å². The van der Waals surface area contributed by atoms with E-state index in [2.05, 4.69) is 5.32 Å². The number of methoxy groups -OCH3 is 1. The van der Waals surface area contributed by atoms with Crippen LogP contribution >= 0.6 is 12.4 Å². The van der Waals surface area contributed by atoms with Crippen molar-refractivity contribution in [2.24, 2.45) is 11.7 Å². The molecule has 8 heteroatoms. The summed E-state index contributed by atoms with van der Waals surface area (Å²) in [6.45, 7) is 0.550. The Kier molecular flexibility index (Phi) is 6.58. The molecule has 0 radical (unpaired) electrons. The van der Waals surface area contributed by atoms with E-state index in [1.807, 2.05) is 0 Å². The maximum absolute atomic E-state index is 12.2. The monoisotopic (exact) mass is 329 g/mol. The molecule has 1 aliphatic carbocycles. The molecule has 3 N–H and O–H groups in total. The molecule has 0 aromatic heterocycles. The van der Waals surface area contributed by atoms with Gasteiger partial charge in [-0.05, 0) is 31.4 Å². The topological polar surface area (TPSA) is 107 Å². The highest BCUT2D eigenvalue weighted by atomic mass is 35.5. The highest BCUT2D eigenvalue weighted by molar-refractivity contribution is 5.95. The van der Waals surface area contributed by atoms with Crippen molar-refractivity contribution >= 4 is 24.0 Å². The number of ether oxygens (including phenoxy) is 1. The maximum atomic E-state index is 12.2. The molecule has 2 unspecified atom stereocenters. The first kappa shape index (κ1) is 18.2. The number of amides is 1. The summed E-state index contributed by atoms with van der Waals surface area (Å²) in [6.07, 6.45) is 2.99. The van der Waals surface area contributed by atoms with Gasteiger partial charge in [0.1, 0.15) is 0 Å². The Bertz CT molecular complexity index is 553. The van der Waals surface area contributed by atoms with Crippen LogP contribution < -0.4 is 15.8 Å². The third-order valence-corrected chi connectivity index (χ3v) is 3.92. The standard InChI is InChI=1S/C14H19N3O4.ClH/c1-21-13-7-9(5-6-12(13)17(19)20)14(18)16-11-4-2-3-10(11)8-15;/h5-7,10-11H,2-4,8,15H2,1H3,(H,16,18);1H. The van der Waals surface area contributed by atoms with Crippen molar-refractivity contribution in [2.75, 3.05) is 13.7 Å². The van der Waals surface area contributed by atoms with E-state index in [-0.39, 0.29) is 35.8 Å². The molecule has 1 aromatic rings. The molecule has 2 rings (SSSR count). The average molecular weight is 330 g/mol. The Morgan fingerprint density at radius 1 is 1.50 bits per heavy atom. The largest absolute Gasteiger partial charge is 0.490 e. The van der Waals surface area contributed by atoms with Gasteiger partial charge in [-0.3, -0.25) is 14.9 Å². The maximum Gasteiger partial charge on any atom is 0.310 e. The Balaban J connectivity index is 0.00000242. The van der Waals surface area contributed by atoms with Gasteiger partial charge in [-0.1, -0.05) is 6.42 Å². The van der Waals surface area contributed by atoms with Crippen molar-refractivity contribution in [3.8, 4) is 5.75 Å². The molecule has 0 bridgehead atoms. The van der Waals surface area contributed by atoms with Crippen molar-refractivity contribution in [1.82, 2.24) is 5.32 Å². The summed E-state index contributed by atoms with van der Waals surface area (Å²) in [6, 6.07) is 4.18. The molecule has 1 aliphatic rings. The molecule has 122 valence electrons. The number of nitro groups is 1. The molecule has 0 heterocycles. The zero-order valence-corrected chi connectivity index (χ0v) is 13.1. The van der Waals surface area contributed by atoms with Crippen LogP contribution in [-0.2, 0) is 0 Å². The number of nitrogens with two attached hydrogens (primary N) is 1. The molecule has 1 saturated carbocycles. The minimum atomic E-state index is -0.540. The first-order chi connectivity index (χ1) is 10.1. The van der Waals surface area contributed by atoms with E-state index < -0.39 is 4.92 Å². The molecule has 0 aliphatic heterocycles. The second-order valence-electron chi connectivity index (χ2n) is 5.15. The van der Waals surface area contributed by atoms with E-state index >= 15 is 0 Å². The Labute approximate surface area is 134 Å². The summed E-state index contributed by atoms with van der Waals surface area (Å²) >= 11 is 0. The first-order valence-corrected chi connectivity index (χ1v) is 6.90. The third-order valence-electron chi connectivity index (χ3n) is 3.92. The van der Waals surface area contributed by atoms with Gasteiger partial charge in [0.25, 0.3) is 5.91 Å². The van der Waals surface area contributed by atoms with Gasteiger partial charge in [0, 0.05) is 23.7 Å². The fourth-order valence-corrected chi connectivity index (χ4v) is 2.73. The first-order valence-electron chi connectivity index (χ1n) is 6.90. The number of hydrogen-bond donors (Lipinski definition) is 2. The zero-order valence-electron chi connectivity index (χ0n) is 12.3. The quantitative estimate of drug-likeness (QED) is 0.633. The number of benzene rings is 1. The van der Waals surface area contributed by atoms with Gasteiger partial charge in [0.2, 0.25) is 0 Å². The molecule has 1 fully saturated rings. The number of nitrogens with one attached hydrogen (secondary N) is 1. The fraction of sp³-hybridized carbons (Fsp3) is 0.500. The highest BCUT2D eigenvalue weighted by Gasteiger charge is 2.28.